The minimum absolute atomic E-state index is 0.0964. The number of rotatable bonds is 6. The molecule has 150 valence electrons. The lowest BCUT2D eigenvalue weighted by atomic mass is 10.1. The molecule has 0 saturated heterocycles. The van der Waals surface area contributed by atoms with Crippen LogP contribution in [-0.4, -0.2) is 30.9 Å². The summed E-state index contributed by atoms with van der Waals surface area (Å²) in [6, 6.07) is 10.2. The van der Waals surface area contributed by atoms with Crippen molar-refractivity contribution in [3.63, 3.8) is 0 Å². The number of nitrogens with one attached hydrogen (secondary N) is 1. The van der Waals surface area contributed by atoms with Gasteiger partial charge in [-0.3, -0.25) is 4.79 Å². The summed E-state index contributed by atoms with van der Waals surface area (Å²) in [7, 11) is 3.33. The van der Waals surface area contributed by atoms with Gasteiger partial charge in [-0.25, -0.2) is 8.78 Å². The summed E-state index contributed by atoms with van der Waals surface area (Å²) < 4.78 is 33.0. The van der Waals surface area contributed by atoms with Gasteiger partial charge in [0, 0.05) is 31.4 Å². The Kier molecular flexibility index (Phi) is 6.17. The van der Waals surface area contributed by atoms with E-state index < -0.39 is 6.43 Å². The minimum atomic E-state index is -2.66. The highest BCUT2D eigenvalue weighted by molar-refractivity contribution is 5.95. The number of alkyl halides is 2. The van der Waals surface area contributed by atoms with Gasteiger partial charge in [0.25, 0.3) is 12.3 Å². The van der Waals surface area contributed by atoms with Crippen LogP contribution in [0, 0.1) is 6.92 Å². The molecular formula is C22H26F2N2O2. The molecule has 1 fully saturated rings. The Hall–Kier alpha value is -2.63. The van der Waals surface area contributed by atoms with E-state index in [0.717, 1.165) is 18.4 Å². The Morgan fingerprint density at radius 2 is 1.86 bits per heavy atom. The van der Waals surface area contributed by atoms with Crippen LogP contribution in [0.4, 0.5) is 14.5 Å². The molecule has 4 nitrogen and oxygen atoms in total. The molecule has 0 spiro atoms. The van der Waals surface area contributed by atoms with Crippen LogP contribution in [0.25, 0.3) is 0 Å². The topological polar surface area (TPSA) is 41.6 Å². The maximum absolute atomic E-state index is 13.6. The van der Waals surface area contributed by atoms with Crippen molar-refractivity contribution in [2.45, 2.75) is 45.1 Å². The molecule has 1 amide bonds. The van der Waals surface area contributed by atoms with Crippen molar-refractivity contribution in [2.75, 3.05) is 19.4 Å². The molecule has 0 heterocycles. The first-order valence-electron chi connectivity index (χ1n) is 9.54. The van der Waals surface area contributed by atoms with Gasteiger partial charge < -0.3 is 15.0 Å². The molecule has 28 heavy (non-hydrogen) atoms. The number of hydrogen-bond acceptors (Lipinski definition) is 3. The fourth-order valence-corrected chi connectivity index (χ4v) is 3.47. The van der Waals surface area contributed by atoms with Crippen LogP contribution in [0.15, 0.2) is 36.4 Å². The normalized spacial score (nSPS) is 14.4. The number of nitrogens with zero attached hydrogens (tertiary/aromatic N) is 1. The number of halogens is 2. The highest BCUT2D eigenvalue weighted by atomic mass is 19.3. The van der Waals surface area contributed by atoms with Crippen LogP contribution in [0.3, 0.4) is 0 Å². The van der Waals surface area contributed by atoms with E-state index in [2.05, 4.69) is 5.32 Å². The molecule has 0 aliphatic heterocycles. The summed E-state index contributed by atoms with van der Waals surface area (Å²) in [6.07, 6.45) is 1.81. The second-order valence-corrected chi connectivity index (χ2v) is 7.46. The van der Waals surface area contributed by atoms with Gasteiger partial charge in [0.15, 0.2) is 0 Å². The molecular weight excluding hydrogens is 362 g/mol. The van der Waals surface area contributed by atoms with E-state index in [1.807, 2.05) is 6.92 Å². The summed E-state index contributed by atoms with van der Waals surface area (Å²) in [6.45, 7) is 1.83. The van der Waals surface area contributed by atoms with Crippen molar-refractivity contribution in [2.24, 2.45) is 0 Å². The first-order valence-corrected chi connectivity index (χ1v) is 9.54. The van der Waals surface area contributed by atoms with E-state index in [-0.39, 0.29) is 17.2 Å². The number of carbonyl (C=O) groups excluding carboxylic acids is 1. The fourth-order valence-electron chi connectivity index (χ4n) is 3.47. The smallest absolute Gasteiger partial charge is 0.267 e. The van der Waals surface area contributed by atoms with Crippen LogP contribution >= 0.6 is 0 Å². The number of amides is 1. The van der Waals surface area contributed by atoms with E-state index in [4.69, 9.17) is 4.74 Å². The molecule has 0 bridgehead atoms. The molecule has 1 saturated carbocycles. The van der Waals surface area contributed by atoms with Crippen molar-refractivity contribution in [3.05, 3.63) is 53.1 Å². The van der Waals surface area contributed by atoms with Crippen LogP contribution in [-0.2, 0) is 0 Å². The Labute approximate surface area is 164 Å². The molecule has 2 aromatic carbocycles. The molecule has 1 aliphatic rings. The largest absolute Gasteiger partial charge is 0.457 e. The summed E-state index contributed by atoms with van der Waals surface area (Å²) in [5, 5.41) is 3.33. The average Bonchev–Trinajstić information content (AvgIpc) is 3.16. The van der Waals surface area contributed by atoms with Crippen molar-refractivity contribution in [3.8, 4) is 11.5 Å². The van der Waals surface area contributed by atoms with Gasteiger partial charge in [0.05, 0.1) is 5.56 Å². The lowest BCUT2D eigenvalue weighted by molar-refractivity contribution is 0.0826. The maximum atomic E-state index is 13.6. The number of benzene rings is 2. The molecule has 3 rings (SSSR count). The monoisotopic (exact) mass is 388 g/mol. The predicted molar refractivity (Wildman–Crippen MR) is 107 cm³/mol. The van der Waals surface area contributed by atoms with Gasteiger partial charge >= 0.3 is 0 Å². The minimum Gasteiger partial charge on any atom is -0.457 e. The summed E-state index contributed by atoms with van der Waals surface area (Å²) >= 11 is 0. The quantitative estimate of drug-likeness (QED) is 0.682. The number of carbonyl (C=O) groups is 1. The lowest BCUT2D eigenvalue weighted by Crippen LogP contribution is -2.22. The van der Waals surface area contributed by atoms with E-state index in [1.54, 1.807) is 44.4 Å². The number of ether oxygens (including phenoxy) is 1. The van der Waals surface area contributed by atoms with Crippen LogP contribution in [0.5, 0.6) is 11.5 Å². The van der Waals surface area contributed by atoms with Gasteiger partial charge in [0.1, 0.15) is 11.5 Å². The number of hydrogen-bond donors (Lipinski definition) is 1. The third-order valence-corrected chi connectivity index (χ3v) is 5.04. The average molecular weight is 388 g/mol. The third kappa shape index (κ3) is 4.61. The molecule has 1 aliphatic carbocycles. The molecule has 6 heteroatoms. The van der Waals surface area contributed by atoms with E-state index in [1.165, 1.54) is 23.8 Å². The zero-order valence-electron chi connectivity index (χ0n) is 16.5. The number of anilines is 1. The first kappa shape index (κ1) is 20.1. The van der Waals surface area contributed by atoms with Gasteiger partial charge in [-0.1, -0.05) is 18.9 Å². The van der Waals surface area contributed by atoms with Crippen molar-refractivity contribution in [1.29, 1.82) is 0 Å². The second kappa shape index (κ2) is 8.59. The molecule has 2 aromatic rings. The highest BCUT2D eigenvalue weighted by Crippen LogP contribution is 2.36. The van der Waals surface area contributed by atoms with Gasteiger partial charge in [-0.05, 0) is 55.7 Å². The molecule has 1 N–H and O–H groups in total. The van der Waals surface area contributed by atoms with Crippen molar-refractivity contribution >= 4 is 11.6 Å². The van der Waals surface area contributed by atoms with Crippen molar-refractivity contribution < 1.29 is 18.3 Å². The molecule has 0 aromatic heterocycles. The summed E-state index contributed by atoms with van der Waals surface area (Å²) in [5.41, 5.74) is 1.81. The molecule has 0 unspecified atom stereocenters. The maximum Gasteiger partial charge on any atom is 0.267 e. The Balaban J connectivity index is 1.85. The lowest BCUT2D eigenvalue weighted by Gasteiger charge is -2.18. The second-order valence-electron chi connectivity index (χ2n) is 7.46. The Bertz CT molecular complexity index is 846. The Morgan fingerprint density at radius 3 is 2.50 bits per heavy atom. The van der Waals surface area contributed by atoms with Crippen molar-refractivity contribution in [1.82, 2.24) is 4.90 Å². The fraction of sp³-hybridized carbons (Fsp3) is 0.409. The standard InChI is InChI=1S/C22H26F2N2O2/c1-14-8-10-17(13-18(14)22(27)26(2)3)28-20-11-9-16(12-19(20)21(23)24)25-15-6-4-5-7-15/h8-13,15,21,25H,4-7H2,1-3H3. The highest BCUT2D eigenvalue weighted by Gasteiger charge is 2.19. The van der Waals surface area contributed by atoms with Crippen LogP contribution in [0.2, 0.25) is 0 Å². The van der Waals surface area contributed by atoms with E-state index >= 15 is 0 Å². The SMILES string of the molecule is Cc1ccc(Oc2ccc(NC3CCCC3)cc2C(F)F)cc1C(=O)N(C)C. The summed E-state index contributed by atoms with van der Waals surface area (Å²) in [5.74, 6) is 0.293. The summed E-state index contributed by atoms with van der Waals surface area (Å²) in [4.78, 5) is 13.8. The zero-order chi connectivity index (χ0) is 20.3. The van der Waals surface area contributed by atoms with Crippen LogP contribution in [0.1, 0.15) is 53.6 Å². The Morgan fingerprint density at radius 1 is 1.14 bits per heavy atom. The van der Waals surface area contributed by atoms with Gasteiger partial charge in [0.2, 0.25) is 0 Å². The third-order valence-electron chi connectivity index (χ3n) is 5.04. The first-order chi connectivity index (χ1) is 13.3. The van der Waals surface area contributed by atoms with Gasteiger partial charge in [-0.2, -0.15) is 0 Å². The number of aryl methyl sites for hydroxylation is 1. The van der Waals surface area contributed by atoms with Gasteiger partial charge in [-0.15, -0.1) is 0 Å². The van der Waals surface area contributed by atoms with Crippen LogP contribution < -0.4 is 10.1 Å². The molecule has 0 atom stereocenters. The van der Waals surface area contributed by atoms with E-state index in [0.29, 0.717) is 23.0 Å². The molecule has 0 radical (unpaired) electrons. The zero-order valence-corrected chi connectivity index (χ0v) is 16.5. The predicted octanol–water partition coefficient (Wildman–Crippen LogP) is 5.78. The van der Waals surface area contributed by atoms with E-state index in [9.17, 15) is 13.6 Å².